The molecule has 3 N–H and O–H groups in total. The van der Waals surface area contributed by atoms with Crippen LogP contribution in [-0.2, 0) is 16.8 Å². The Bertz CT molecular complexity index is 1260. The van der Waals surface area contributed by atoms with Gasteiger partial charge in [0.25, 0.3) is 0 Å². The third-order valence-corrected chi connectivity index (χ3v) is 7.38. The van der Waals surface area contributed by atoms with E-state index >= 15 is 0 Å². The first-order chi connectivity index (χ1) is 18.1. The average molecular weight is 524 g/mol. The van der Waals surface area contributed by atoms with Gasteiger partial charge in [0.1, 0.15) is 11.6 Å². The lowest BCUT2D eigenvalue weighted by atomic mass is 9.76. The van der Waals surface area contributed by atoms with E-state index in [2.05, 4.69) is 22.8 Å². The second-order valence-corrected chi connectivity index (χ2v) is 10.3. The summed E-state index contributed by atoms with van der Waals surface area (Å²) in [5.41, 5.74) is 2.65. The van der Waals surface area contributed by atoms with Crippen molar-refractivity contribution in [3.05, 3.63) is 89.2 Å². The molecule has 4 rings (SSSR count). The lowest BCUT2D eigenvalue weighted by molar-refractivity contribution is -0.120. The summed E-state index contributed by atoms with van der Waals surface area (Å²) in [6, 6.07) is 12.5. The number of benzene rings is 2. The number of halogens is 2. The highest BCUT2D eigenvalue weighted by Gasteiger charge is 2.35. The quantitative estimate of drug-likeness (QED) is 0.333. The molecule has 2 aromatic carbocycles. The molecule has 0 radical (unpaired) electrons. The molecule has 8 heteroatoms. The molecule has 0 aliphatic heterocycles. The van der Waals surface area contributed by atoms with Crippen molar-refractivity contribution in [1.82, 2.24) is 15.2 Å². The van der Waals surface area contributed by atoms with Gasteiger partial charge in [0.15, 0.2) is 5.78 Å². The van der Waals surface area contributed by atoms with Crippen LogP contribution in [0.25, 0.3) is 5.69 Å². The summed E-state index contributed by atoms with van der Waals surface area (Å²) >= 11 is 0. The molecule has 0 spiro atoms. The number of carbonyl (C=O) groups is 2. The molecule has 1 saturated carbocycles. The van der Waals surface area contributed by atoms with E-state index in [0.717, 1.165) is 49.4 Å². The Hall–Kier alpha value is -3.36. The first-order valence-corrected chi connectivity index (χ1v) is 13.1. The van der Waals surface area contributed by atoms with Gasteiger partial charge in [-0.3, -0.25) is 9.59 Å². The minimum atomic E-state index is -0.991. The second-order valence-electron chi connectivity index (χ2n) is 10.3. The monoisotopic (exact) mass is 523 g/mol. The molecule has 1 aromatic heterocycles. The number of aliphatic hydroxyl groups is 1. The van der Waals surface area contributed by atoms with Gasteiger partial charge in [-0.25, -0.2) is 8.78 Å². The Morgan fingerprint density at radius 2 is 1.74 bits per heavy atom. The highest BCUT2D eigenvalue weighted by molar-refractivity contribution is 5.93. The molecule has 2 atom stereocenters. The van der Waals surface area contributed by atoms with E-state index in [1.165, 1.54) is 19.1 Å². The summed E-state index contributed by atoms with van der Waals surface area (Å²) in [5, 5.41) is 17.5. The fourth-order valence-corrected chi connectivity index (χ4v) is 5.42. The molecule has 0 saturated heterocycles. The summed E-state index contributed by atoms with van der Waals surface area (Å²) < 4.78 is 29.4. The van der Waals surface area contributed by atoms with Crippen LogP contribution in [0.1, 0.15) is 67.4 Å². The van der Waals surface area contributed by atoms with E-state index in [9.17, 15) is 23.5 Å². The van der Waals surface area contributed by atoms with Crippen LogP contribution in [0.5, 0.6) is 0 Å². The molecule has 3 aromatic rings. The number of nitrogens with one attached hydrogen (secondary N) is 2. The topological polar surface area (TPSA) is 83.4 Å². The van der Waals surface area contributed by atoms with Gasteiger partial charge in [0.05, 0.1) is 12.1 Å². The van der Waals surface area contributed by atoms with Crippen LogP contribution >= 0.6 is 0 Å². The Morgan fingerprint density at radius 1 is 1.03 bits per heavy atom. The molecule has 1 aliphatic carbocycles. The van der Waals surface area contributed by atoms with Crippen molar-refractivity contribution in [2.75, 3.05) is 6.54 Å². The van der Waals surface area contributed by atoms with E-state index in [-0.39, 0.29) is 30.2 Å². The number of hydrogen-bond donors (Lipinski definition) is 3. The zero-order valence-corrected chi connectivity index (χ0v) is 21.8. The summed E-state index contributed by atoms with van der Waals surface area (Å²) in [6.45, 7) is 3.08. The van der Waals surface area contributed by atoms with Crippen LogP contribution in [0.3, 0.4) is 0 Å². The van der Waals surface area contributed by atoms with Crippen LogP contribution in [0.4, 0.5) is 8.78 Å². The number of ketones is 1. The summed E-state index contributed by atoms with van der Waals surface area (Å²) in [4.78, 5) is 23.6. The third kappa shape index (κ3) is 6.74. The highest BCUT2D eigenvalue weighted by atomic mass is 19.1. The smallest absolute Gasteiger partial charge is 0.217 e. The maximum Gasteiger partial charge on any atom is 0.217 e. The van der Waals surface area contributed by atoms with Crippen LogP contribution < -0.4 is 10.6 Å². The largest absolute Gasteiger partial charge is 0.390 e. The van der Waals surface area contributed by atoms with Crippen molar-refractivity contribution in [2.24, 2.45) is 0 Å². The second kappa shape index (κ2) is 12.0. The highest BCUT2D eigenvalue weighted by Crippen LogP contribution is 2.38. The van der Waals surface area contributed by atoms with Gasteiger partial charge in [-0.15, -0.1) is 0 Å². The fraction of sp³-hybridized carbons (Fsp3) is 0.400. The van der Waals surface area contributed by atoms with Crippen molar-refractivity contribution >= 4 is 11.7 Å². The normalized spacial score (nSPS) is 16.6. The van der Waals surface area contributed by atoms with Crippen LogP contribution in [0.15, 0.2) is 60.9 Å². The maximum absolute atomic E-state index is 13.7. The van der Waals surface area contributed by atoms with Crippen molar-refractivity contribution in [2.45, 2.75) is 70.1 Å². The molecule has 1 heterocycles. The molecule has 1 fully saturated rings. The number of Topliss-reactive ketones (excluding diaryl/α,β-unsaturated/α-hetero) is 1. The van der Waals surface area contributed by atoms with Gasteiger partial charge in [-0.2, -0.15) is 0 Å². The first kappa shape index (κ1) is 27.7. The molecule has 202 valence electrons. The number of rotatable bonds is 10. The van der Waals surface area contributed by atoms with Crippen molar-refractivity contribution < 1.29 is 23.5 Å². The fourth-order valence-electron chi connectivity index (χ4n) is 5.42. The van der Waals surface area contributed by atoms with E-state index in [1.54, 1.807) is 13.0 Å². The van der Waals surface area contributed by atoms with Crippen LogP contribution in [0, 0.1) is 11.6 Å². The number of carbonyl (C=O) groups excluding carboxylic acids is 2. The maximum atomic E-state index is 13.7. The van der Waals surface area contributed by atoms with Crippen molar-refractivity contribution in [3.8, 4) is 5.69 Å². The molecule has 2 unspecified atom stereocenters. The third-order valence-electron chi connectivity index (χ3n) is 7.38. The number of aliphatic hydroxyl groups excluding tert-OH is 1. The zero-order chi connectivity index (χ0) is 27.3. The van der Waals surface area contributed by atoms with E-state index in [4.69, 9.17) is 0 Å². The first-order valence-electron chi connectivity index (χ1n) is 13.1. The Kier molecular flexibility index (Phi) is 8.74. The number of amides is 1. The lowest BCUT2D eigenvalue weighted by Crippen LogP contribution is -2.53. The predicted molar refractivity (Wildman–Crippen MR) is 142 cm³/mol. The van der Waals surface area contributed by atoms with E-state index in [0.29, 0.717) is 11.1 Å². The SMILES string of the molecule is CC(=O)NC(Cc1cc(F)cc(F)c1)C(O)CNC1(c2cccc(-n3ccc(C(C)=O)c3)c2)CCCCC1. The Balaban J connectivity index is 1.55. The molecule has 1 amide bonds. The standard InChI is InChI=1S/C30H35F2N3O3/c1-20(36)23-9-12-35(19-23)27-8-6-7-24(16-27)30(10-4-3-5-11-30)33-18-29(38)28(34-21(2)37)15-22-13-25(31)17-26(32)14-22/h6-9,12-14,16-17,19,28-29,33,38H,3-5,10-11,15,18H2,1-2H3,(H,34,37). The van der Waals surface area contributed by atoms with Gasteiger partial charge >= 0.3 is 0 Å². The average Bonchev–Trinajstić information content (AvgIpc) is 3.38. The minimum Gasteiger partial charge on any atom is -0.390 e. The van der Waals surface area contributed by atoms with Gasteiger partial charge in [-0.1, -0.05) is 31.4 Å². The van der Waals surface area contributed by atoms with Crippen LogP contribution in [0.2, 0.25) is 0 Å². The van der Waals surface area contributed by atoms with Crippen molar-refractivity contribution in [1.29, 1.82) is 0 Å². The molecule has 1 aliphatic rings. The van der Waals surface area contributed by atoms with Gasteiger partial charge in [0, 0.05) is 48.7 Å². The van der Waals surface area contributed by atoms with Gasteiger partial charge in [0.2, 0.25) is 5.91 Å². The minimum absolute atomic E-state index is 0.00835. The predicted octanol–water partition coefficient (Wildman–Crippen LogP) is 4.82. The number of aromatic nitrogens is 1. The zero-order valence-electron chi connectivity index (χ0n) is 21.8. The summed E-state index contributed by atoms with van der Waals surface area (Å²) in [5.74, 6) is -1.72. The molecular weight excluding hydrogens is 488 g/mol. The summed E-state index contributed by atoms with van der Waals surface area (Å²) in [6.07, 6.45) is 7.74. The molecular formula is C30H35F2N3O3. The Morgan fingerprint density at radius 3 is 2.37 bits per heavy atom. The van der Waals surface area contributed by atoms with Gasteiger partial charge in [-0.05, 0) is 67.6 Å². The number of nitrogens with zero attached hydrogens (tertiary/aromatic N) is 1. The van der Waals surface area contributed by atoms with Crippen molar-refractivity contribution in [3.63, 3.8) is 0 Å². The van der Waals surface area contributed by atoms with Crippen LogP contribution in [-0.4, -0.2) is 40.1 Å². The van der Waals surface area contributed by atoms with E-state index < -0.39 is 23.8 Å². The molecule has 6 nitrogen and oxygen atoms in total. The molecule has 38 heavy (non-hydrogen) atoms. The van der Waals surface area contributed by atoms with Gasteiger partial charge < -0.3 is 20.3 Å². The number of hydrogen-bond acceptors (Lipinski definition) is 4. The Labute approximate surface area is 222 Å². The lowest BCUT2D eigenvalue weighted by Gasteiger charge is -2.40. The summed E-state index contributed by atoms with van der Waals surface area (Å²) in [7, 11) is 0. The molecule has 0 bridgehead atoms. The van der Waals surface area contributed by atoms with E-state index in [1.807, 2.05) is 29.1 Å².